The third-order valence-electron chi connectivity index (χ3n) is 3.77. The van der Waals surface area contributed by atoms with Crippen molar-refractivity contribution in [2.45, 2.75) is 42.6 Å². The third-order valence-corrected chi connectivity index (χ3v) is 5.10. The first kappa shape index (κ1) is 15.1. The van der Waals surface area contributed by atoms with E-state index in [1.807, 2.05) is 31.2 Å². The van der Waals surface area contributed by atoms with Crippen LogP contribution in [0, 0.1) is 0 Å². The molecule has 1 saturated carbocycles. The van der Waals surface area contributed by atoms with Gasteiger partial charge in [0, 0.05) is 11.6 Å². The standard InChI is InChI=1S/C16H19N3O2S/c1-3-14(15(20)11-4-8-13(21-2)9-5-11)22-16-18-17-10-19(16)12-6-7-12/h4-5,8-10,12,14H,3,6-7H2,1-2H3/t14-/m0/s1. The normalized spacial score (nSPS) is 15.5. The Hall–Kier alpha value is -1.82. The summed E-state index contributed by atoms with van der Waals surface area (Å²) in [6.45, 7) is 2.02. The molecule has 1 atom stereocenters. The first-order chi connectivity index (χ1) is 10.7. The number of Topliss-reactive ketones (excluding diaryl/α,β-unsaturated/α-hetero) is 1. The second-order valence-corrected chi connectivity index (χ2v) is 6.53. The Morgan fingerprint density at radius 2 is 2.14 bits per heavy atom. The molecule has 0 aliphatic heterocycles. The largest absolute Gasteiger partial charge is 0.497 e. The van der Waals surface area contributed by atoms with Crippen molar-refractivity contribution in [2.24, 2.45) is 0 Å². The van der Waals surface area contributed by atoms with Crippen LogP contribution in [0.4, 0.5) is 0 Å². The Labute approximate surface area is 134 Å². The summed E-state index contributed by atoms with van der Waals surface area (Å²) < 4.78 is 7.22. The number of hydrogen-bond donors (Lipinski definition) is 0. The first-order valence-corrected chi connectivity index (χ1v) is 8.35. The lowest BCUT2D eigenvalue weighted by Gasteiger charge is -2.13. The number of thioether (sulfide) groups is 1. The summed E-state index contributed by atoms with van der Waals surface area (Å²) in [5.74, 6) is 0.881. The van der Waals surface area contributed by atoms with E-state index >= 15 is 0 Å². The molecule has 0 radical (unpaired) electrons. The number of carbonyl (C=O) groups excluding carboxylic acids is 1. The smallest absolute Gasteiger partial charge is 0.191 e. The van der Waals surface area contributed by atoms with Crippen molar-refractivity contribution in [3.8, 4) is 5.75 Å². The minimum atomic E-state index is -0.143. The molecule has 0 spiro atoms. The summed E-state index contributed by atoms with van der Waals surface area (Å²) >= 11 is 1.51. The van der Waals surface area contributed by atoms with E-state index < -0.39 is 0 Å². The van der Waals surface area contributed by atoms with E-state index in [0.29, 0.717) is 11.6 Å². The maximum absolute atomic E-state index is 12.7. The SMILES string of the molecule is CC[C@H](Sc1nncn1C1CC1)C(=O)c1ccc(OC)cc1. The number of aromatic nitrogens is 3. The van der Waals surface area contributed by atoms with Crippen molar-refractivity contribution in [1.82, 2.24) is 14.8 Å². The van der Waals surface area contributed by atoms with E-state index in [1.54, 1.807) is 13.4 Å². The van der Waals surface area contributed by atoms with E-state index in [9.17, 15) is 4.79 Å². The molecule has 2 aromatic rings. The second-order valence-electron chi connectivity index (χ2n) is 5.36. The van der Waals surface area contributed by atoms with Crippen LogP contribution in [-0.2, 0) is 0 Å². The summed E-state index contributed by atoms with van der Waals surface area (Å²) in [5, 5.41) is 8.86. The minimum Gasteiger partial charge on any atom is -0.497 e. The van der Waals surface area contributed by atoms with E-state index in [4.69, 9.17) is 4.74 Å². The Kier molecular flexibility index (Phi) is 4.47. The fourth-order valence-electron chi connectivity index (χ4n) is 2.31. The topological polar surface area (TPSA) is 57.0 Å². The number of carbonyl (C=O) groups is 1. The van der Waals surface area contributed by atoms with Crippen LogP contribution in [0.1, 0.15) is 42.6 Å². The Balaban J connectivity index is 1.74. The average molecular weight is 317 g/mol. The molecule has 1 aromatic carbocycles. The zero-order chi connectivity index (χ0) is 15.5. The number of nitrogens with zero attached hydrogens (tertiary/aromatic N) is 3. The van der Waals surface area contributed by atoms with Gasteiger partial charge in [-0.25, -0.2) is 0 Å². The predicted molar refractivity (Wildman–Crippen MR) is 85.6 cm³/mol. The zero-order valence-electron chi connectivity index (χ0n) is 12.7. The van der Waals surface area contributed by atoms with E-state index in [2.05, 4.69) is 14.8 Å². The lowest BCUT2D eigenvalue weighted by atomic mass is 10.1. The number of methoxy groups -OCH3 is 1. The maximum Gasteiger partial charge on any atom is 0.191 e. The molecule has 0 amide bonds. The van der Waals surface area contributed by atoms with E-state index in [-0.39, 0.29) is 11.0 Å². The van der Waals surface area contributed by atoms with Gasteiger partial charge in [0.2, 0.25) is 0 Å². The molecular weight excluding hydrogens is 298 g/mol. The number of hydrogen-bond acceptors (Lipinski definition) is 5. The molecule has 1 fully saturated rings. The molecule has 5 nitrogen and oxygen atoms in total. The number of ketones is 1. The number of benzene rings is 1. The Morgan fingerprint density at radius 3 is 2.73 bits per heavy atom. The quantitative estimate of drug-likeness (QED) is 0.579. The summed E-state index contributed by atoms with van der Waals surface area (Å²) in [6.07, 6.45) is 4.88. The van der Waals surface area contributed by atoms with Crippen molar-refractivity contribution in [1.29, 1.82) is 0 Å². The van der Waals surface area contributed by atoms with Crippen LogP contribution in [0.25, 0.3) is 0 Å². The maximum atomic E-state index is 12.7. The average Bonchev–Trinajstić information content (AvgIpc) is 3.31. The molecule has 22 heavy (non-hydrogen) atoms. The highest BCUT2D eigenvalue weighted by atomic mass is 32.2. The summed E-state index contributed by atoms with van der Waals surface area (Å²) in [4.78, 5) is 12.7. The first-order valence-electron chi connectivity index (χ1n) is 7.47. The summed E-state index contributed by atoms with van der Waals surface area (Å²) in [5.41, 5.74) is 0.706. The van der Waals surface area contributed by atoms with Crippen molar-refractivity contribution in [3.05, 3.63) is 36.2 Å². The van der Waals surface area contributed by atoms with Crippen molar-refractivity contribution in [2.75, 3.05) is 7.11 Å². The molecule has 0 unspecified atom stereocenters. The van der Waals surface area contributed by atoms with Gasteiger partial charge >= 0.3 is 0 Å². The molecule has 3 rings (SSSR count). The van der Waals surface area contributed by atoms with Crippen LogP contribution < -0.4 is 4.74 Å². The lowest BCUT2D eigenvalue weighted by Crippen LogP contribution is -2.17. The monoisotopic (exact) mass is 317 g/mol. The molecule has 0 bridgehead atoms. The van der Waals surface area contributed by atoms with Crippen molar-refractivity contribution >= 4 is 17.5 Å². The minimum absolute atomic E-state index is 0.125. The highest BCUT2D eigenvalue weighted by Gasteiger charge is 2.29. The van der Waals surface area contributed by atoms with Gasteiger partial charge in [0.15, 0.2) is 10.9 Å². The zero-order valence-corrected chi connectivity index (χ0v) is 13.5. The van der Waals surface area contributed by atoms with Gasteiger partial charge in [-0.05, 0) is 43.5 Å². The molecule has 1 heterocycles. The lowest BCUT2D eigenvalue weighted by molar-refractivity contribution is 0.0988. The molecule has 1 aromatic heterocycles. The van der Waals surface area contributed by atoms with E-state index in [0.717, 1.165) is 17.3 Å². The molecule has 6 heteroatoms. The van der Waals surface area contributed by atoms with Gasteiger partial charge in [0.1, 0.15) is 12.1 Å². The number of rotatable bonds is 7. The van der Waals surface area contributed by atoms with Gasteiger partial charge in [0.25, 0.3) is 0 Å². The summed E-state index contributed by atoms with van der Waals surface area (Å²) in [7, 11) is 1.62. The fourth-order valence-corrected chi connectivity index (χ4v) is 3.39. The molecule has 116 valence electrons. The van der Waals surface area contributed by atoms with Crippen molar-refractivity contribution < 1.29 is 9.53 Å². The Bertz CT molecular complexity index is 650. The second kappa shape index (κ2) is 6.52. The van der Waals surface area contributed by atoms with Gasteiger partial charge in [-0.3, -0.25) is 4.79 Å². The highest BCUT2D eigenvalue weighted by molar-refractivity contribution is 8.00. The summed E-state index contributed by atoms with van der Waals surface area (Å²) in [6, 6.07) is 7.78. The van der Waals surface area contributed by atoms with Gasteiger partial charge in [-0.1, -0.05) is 18.7 Å². The van der Waals surface area contributed by atoms with Crippen LogP contribution in [-0.4, -0.2) is 32.9 Å². The van der Waals surface area contributed by atoms with Gasteiger partial charge in [-0.2, -0.15) is 0 Å². The predicted octanol–water partition coefficient (Wildman–Crippen LogP) is 3.38. The fraction of sp³-hybridized carbons (Fsp3) is 0.438. The molecular formula is C16H19N3O2S. The van der Waals surface area contributed by atoms with Crippen LogP contribution in [0.2, 0.25) is 0 Å². The third kappa shape index (κ3) is 3.16. The highest BCUT2D eigenvalue weighted by Crippen LogP contribution is 2.38. The molecule has 1 aliphatic carbocycles. The van der Waals surface area contributed by atoms with E-state index in [1.165, 1.54) is 24.6 Å². The van der Waals surface area contributed by atoms with Gasteiger partial charge < -0.3 is 9.30 Å². The Morgan fingerprint density at radius 1 is 1.41 bits per heavy atom. The van der Waals surface area contributed by atoms with Gasteiger partial charge in [0.05, 0.1) is 12.4 Å². The number of ether oxygens (including phenoxy) is 1. The van der Waals surface area contributed by atoms with Crippen LogP contribution in [0.15, 0.2) is 35.7 Å². The van der Waals surface area contributed by atoms with Crippen LogP contribution >= 0.6 is 11.8 Å². The molecule has 1 aliphatic rings. The molecule has 0 N–H and O–H groups in total. The van der Waals surface area contributed by atoms with Crippen molar-refractivity contribution in [3.63, 3.8) is 0 Å². The van der Waals surface area contributed by atoms with Gasteiger partial charge in [-0.15, -0.1) is 10.2 Å². The van der Waals surface area contributed by atoms with Crippen LogP contribution in [0.5, 0.6) is 5.75 Å². The van der Waals surface area contributed by atoms with Crippen LogP contribution in [0.3, 0.4) is 0 Å². The molecule has 0 saturated heterocycles.